The lowest BCUT2D eigenvalue weighted by Crippen LogP contribution is -2.04. The molecule has 0 N–H and O–H groups in total. The summed E-state index contributed by atoms with van der Waals surface area (Å²) in [5.74, 6) is 0. The van der Waals surface area contributed by atoms with E-state index >= 15 is 0 Å². The number of hydrogen-bond acceptors (Lipinski definition) is 3. The SMILES string of the molecule is c1ccc(-n2nncc2CC2CO2)cc1. The molecule has 0 saturated carbocycles. The molecule has 1 aromatic carbocycles. The largest absolute Gasteiger partial charge is 0.373 e. The number of aromatic nitrogens is 3. The Hall–Kier alpha value is -1.68. The van der Waals surface area contributed by atoms with Gasteiger partial charge in [-0.3, -0.25) is 0 Å². The maximum atomic E-state index is 5.20. The van der Waals surface area contributed by atoms with Crippen molar-refractivity contribution in [3.8, 4) is 5.69 Å². The minimum atomic E-state index is 0.367. The predicted octanol–water partition coefficient (Wildman–Crippen LogP) is 1.21. The highest BCUT2D eigenvalue weighted by Gasteiger charge is 2.24. The summed E-state index contributed by atoms with van der Waals surface area (Å²) in [5.41, 5.74) is 2.15. The Morgan fingerprint density at radius 3 is 2.87 bits per heavy atom. The van der Waals surface area contributed by atoms with E-state index < -0.39 is 0 Å². The smallest absolute Gasteiger partial charge is 0.0865 e. The first-order chi connectivity index (χ1) is 7.43. The molecule has 15 heavy (non-hydrogen) atoms. The van der Waals surface area contributed by atoms with Crippen molar-refractivity contribution in [2.45, 2.75) is 12.5 Å². The van der Waals surface area contributed by atoms with Crippen LogP contribution < -0.4 is 0 Å². The molecule has 0 aliphatic carbocycles. The third-order valence-electron chi connectivity index (χ3n) is 2.46. The second-order valence-corrected chi connectivity index (χ2v) is 3.63. The van der Waals surface area contributed by atoms with Crippen LogP contribution in [0.15, 0.2) is 36.5 Å². The molecule has 1 aliphatic rings. The van der Waals surface area contributed by atoms with E-state index in [1.807, 2.05) is 35.0 Å². The molecule has 76 valence electrons. The number of rotatable bonds is 3. The van der Waals surface area contributed by atoms with E-state index in [-0.39, 0.29) is 0 Å². The number of para-hydroxylation sites is 1. The van der Waals surface area contributed by atoms with Gasteiger partial charge in [-0.25, -0.2) is 4.68 Å². The van der Waals surface area contributed by atoms with Gasteiger partial charge >= 0.3 is 0 Å². The summed E-state index contributed by atoms with van der Waals surface area (Å²) in [5, 5.41) is 8.02. The van der Waals surface area contributed by atoms with Crippen LogP contribution in [-0.4, -0.2) is 27.7 Å². The van der Waals surface area contributed by atoms with E-state index in [0.29, 0.717) is 6.10 Å². The van der Waals surface area contributed by atoms with Crippen LogP contribution >= 0.6 is 0 Å². The van der Waals surface area contributed by atoms with Gasteiger partial charge in [-0.1, -0.05) is 23.4 Å². The highest BCUT2D eigenvalue weighted by Crippen LogP contribution is 2.17. The summed E-state index contributed by atoms with van der Waals surface area (Å²) in [4.78, 5) is 0. The molecule has 1 unspecified atom stereocenters. The van der Waals surface area contributed by atoms with Crippen LogP contribution in [0.4, 0.5) is 0 Å². The summed E-state index contributed by atoms with van der Waals surface area (Å²) < 4.78 is 7.07. The molecular weight excluding hydrogens is 190 g/mol. The third kappa shape index (κ3) is 1.76. The van der Waals surface area contributed by atoms with Gasteiger partial charge in [0.05, 0.1) is 30.3 Å². The topological polar surface area (TPSA) is 43.2 Å². The molecule has 0 radical (unpaired) electrons. The molecule has 1 saturated heterocycles. The van der Waals surface area contributed by atoms with Crippen LogP contribution in [0.5, 0.6) is 0 Å². The van der Waals surface area contributed by atoms with Gasteiger partial charge in [-0.2, -0.15) is 0 Å². The van der Waals surface area contributed by atoms with Gasteiger partial charge in [-0.15, -0.1) is 5.10 Å². The zero-order valence-corrected chi connectivity index (χ0v) is 8.21. The van der Waals surface area contributed by atoms with Crippen molar-refractivity contribution < 1.29 is 4.74 Å². The summed E-state index contributed by atoms with van der Waals surface area (Å²) in [6.45, 7) is 0.861. The summed E-state index contributed by atoms with van der Waals surface area (Å²) in [6.07, 6.45) is 3.06. The zero-order chi connectivity index (χ0) is 10.1. The Kier molecular flexibility index (Phi) is 1.99. The molecule has 4 nitrogen and oxygen atoms in total. The van der Waals surface area contributed by atoms with Crippen LogP contribution in [0.2, 0.25) is 0 Å². The van der Waals surface area contributed by atoms with Gasteiger partial charge < -0.3 is 4.74 Å². The van der Waals surface area contributed by atoms with Crippen LogP contribution in [0.25, 0.3) is 5.69 Å². The van der Waals surface area contributed by atoms with Gasteiger partial charge in [0.1, 0.15) is 0 Å². The second kappa shape index (κ2) is 3.47. The quantitative estimate of drug-likeness (QED) is 0.701. The minimum absolute atomic E-state index is 0.367. The number of nitrogens with zero attached hydrogens (tertiary/aromatic N) is 3. The average molecular weight is 201 g/mol. The van der Waals surface area contributed by atoms with E-state index in [0.717, 1.165) is 24.4 Å². The highest BCUT2D eigenvalue weighted by atomic mass is 16.6. The molecule has 0 bridgehead atoms. The Bertz CT molecular complexity index is 448. The van der Waals surface area contributed by atoms with Gasteiger partial charge in [0.2, 0.25) is 0 Å². The lowest BCUT2D eigenvalue weighted by Gasteiger charge is -2.03. The Morgan fingerprint density at radius 2 is 2.13 bits per heavy atom. The monoisotopic (exact) mass is 201 g/mol. The summed E-state index contributed by atoms with van der Waals surface area (Å²) in [7, 11) is 0. The van der Waals surface area contributed by atoms with Gasteiger partial charge in [0.25, 0.3) is 0 Å². The van der Waals surface area contributed by atoms with E-state index in [4.69, 9.17) is 4.74 Å². The number of benzene rings is 1. The lowest BCUT2D eigenvalue weighted by atomic mass is 10.2. The molecule has 1 atom stereocenters. The minimum Gasteiger partial charge on any atom is -0.373 e. The molecule has 2 heterocycles. The molecule has 4 heteroatoms. The van der Waals surface area contributed by atoms with Gasteiger partial charge in [0, 0.05) is 6.42 Å². The third-order valence-corrected chi connectivity index (χ3v) is 2.46. The van der Waals surface area contributed by atoms with E-state index in [9.17, 15) is 0 Å². The van der Waals surface area contributed by atoms with Crippen molar-refractivity contribution in [3.05, 3.63) is 42.2 Å². The fourth-order valence-electron chi connectivity index (χ4n) is 1.60. The maximum absolute atomic E-state index is 5.20. The van der Waals surface area contributed by atoms with E-state index in [2.05, 4.69) is 10.3 Å². The fraction of sp³-hybridized carbons (Fsp3) is 0.273. The van der Waals surface area contributed by atoms with Crippen molar-refractivity contribution in [2.24, 2.45) is 0 Å². The predicted molar refractivity (Wildman–Crippen MR) is 54.8 cm³/mol. The van der Waals surface area contributed by atoms with Gasteiger partial charge in [0.15, 0.2) is 0 Å². The standard InChI is InChI=1S/C11H11N3O/c1-2-4-9(5-3-1)14-10(7-12-13-14)6-11-8-15-11/h1-5,7,11H,6,8H2. The first-order valence-electron chi connectivity index (χ1n) is 5.00. The normalized spacial score (nSPS) is 19.1. The molecular formula is C11H11N3O. The summed E-state index contributed by atoms with van der Waals surface area (Å²) >= 11 is 0. The zero-order valence-electron chi connectivity index (χ0n) is 8.21. The molecule has 0 spiro atoms. The van der Waals surface area contributed by atoms with Crippen molar-refractivity contribution in [2.75, 3.05) is 6.61 Å². The first kappa shape index (κ1) is 8.61. The molecule has 3 rings (SSSR count). The van der Waals surface area contributed by atoms with Crippen molar-refractivity contribution >= 4 is 0 Å². The van der Waals surface area contributed by atoms with Crippen molar-refractivity contribution in [1.82, 2.24) is 15.0 Å². The first-order valence-corrected chi connectivity index (χ1v) is 5.00. The highest BCUT2D eigenvalue weighted by molar-refractivity contribution is 5.31. The Morgan fingerprint density at radius 1 is 1.33 bits per heavy atom. The van der Waals surface area contributed by atoms with Crippen LogP contribution in [0.1, 0.15) is 5.69 Å². The summed E-state index contributed by atoms with van der Waals surface area (Å²) in [6, 6.07) is 10.0. The van der Waals surface area contributed by atoms with E-state index in [1.165, 1.54) is 0 Å². The molecule has 1 fully saturated rings. The maximum Gasteiger partial charge on any atom is 0.0865 e. The van der Waals surface area contributed by atoms with Crippen LogP contribution in [0, 0.1) is 0 Å². The number of hydrogen-bond donors (Lipinski definition) is 0. The molecule has 2 aromatic rings. The lowest BCUT2D eigenvalue weighted by molar-refractivity contribution is 0.404. The molecule has 1 aromatic heterocycles. The average Bonchev–Trinajstić information content (AvgIpc) is 2.96. The van der Waals surface area contributed by atoms with E-state index in [1.54, 1.807) is 6.20 Å². The van der Waals surface area contributed by atoms with Crippen LogP contribution in [0.3, 0.4) is 0 Å². The van der Waals surface area contributed by atoms with Gasteiger partial charge in [-0.05, 0) is 12.1 Å². The number of epoxide rings is 1. The van der Waals surface area contributed by atoms with Crippen LogP contribution in [-0.2, 0) is 11.2 Å². The second-order valence-electron chi connectivity index (χ2n) is 3.63. The molecule has 0 amide bonds. The fourth-order valence-corrected chi connectivity index (χ4v) is 1.60. The Balaban J connectivity index is 1.93. The number of ether oxygens (including phenoxy) is 1. The molecule has 1 aliphatic heterocycles. The Labute approximate surface area is 87.5 Å². The van der Waals surface area contributed by atoms with Crippen molar-refractivity contribution in [3.63, 3.8) is 0 Å². The van der Waals surface area contributed by atoms with Crippen molar-refractivity contribution in [1.29, 1.82) is 0 Å².